The van der Waals surface area contributed by atoms with Crippen LogP contribution in [0.15, 0.2) is 312 Å². The molecule has 13 rings (SSSR count). The van der Waals surface area contributed by atoms with Crippen LogP contribution in [0.4, 0.5) is 34.1 Å². The van der Waals surface area contributed by atoms with E-state index in [4.69, 9.17) is 4.74 Å². The van der Waals surface area contributed by atoms with Crippen LogP contribution in [0.5, 0.6) is 0 Å². The Morgan fingerprint density at radius 1 is 0.440 bits per heavy atom. The minimum absolute atomic E-state index is 0. The monoisotopic (exact) mass is 1330 g/mol. The number of aldehydes is 1. The molecule has 91 heavy (non-hydrogen) atoms. The summed E-state index contributed by atoms with van der Waals surface area (Å²) in [7, 11) is -1.45. The molecule has 8 heteroatoms. The number of para-hydroxylation sites is 4. The Kier molecular flexibility index (Phi) is 26.8. The van der Waals surface area contributed by atoms with Crippen molar-refractivity contribution in [3.05, 3.63) is 353 Å². The summed E-state index contributed by atoms with van der Waals surface area (Å²) in [6.45, 7) is 15.1. The molecule has 12 aromatic rings. The molecule has 1 fully saturated rings. The van der Waals surface area contributed by atoms with Crippen LogP contribution < -0.4 is 28.7 Å². The molecule has 1 aliphatic heterocycles. The van der Waals surface area contributed by atoms with E-state index in [9.17, 15) is 4.79 Å². The SMILES string of the molecule is Brc1ccc2cc(/C=C(\c3ccccc3)c3ccc(N(c4ccccc4)c4ccccc4)cc3)ccc2c1.C1CCOC1.C[Si](C)(C)C(c1ccccc1)c1ccc(N(c2ccccc2)c2ccccc2)cc1.O=Cc1ccc2cc(Br)ccc2c1.[CH2-]CCC.[Li+]. The molecule has 0 saturated carbocycles. The van der Waals surface area contributed by atoms with Crippen molar-refractivity contribution < 1.29 is 28.4 Å². The summed E-state index contributed by atoms with van der Waals surface area (Å²) in [5.74, 6) is 0. The van der Waals surface area contributed by atoms with Gasteiger partial charge in [0, 0.05) is 67.4 Å². The summed E-state index contributed by atoms with van der Waals surface area (Å²) < 4.78 is 7.09. The van der Waals surface area contributed by atoms with Crippen LogP contribution in [0.2, 0.25) is 19.6 Å². The van der Waals surface area contributed by atoms with Gasteiger partial charge in [-0.25, -0.2) is 0 Å². The van der Waals surface area contributed by atoms with Crippen molar-refractivity contribution in [2.45, 2.75) is 57.8 Å². The molecule has 0 aromatic heterocycles. The number of carbonyl (C=O) groups is 1. The van der Waals surface area contributed by atoms with Crippen molar-refractivity contribution in [3.8, 4) is 0 Å². The molecule has 0 spiro atoms. The molecular weight excluding hydrogens is 1250 g/mol. The quantitative estimate of drug-likeness (QED) is 0.0470. The molecule has 452 valence electrons. The normalized spacial score (nSPS) is 12.0. The van der Waals surface area contributed by atoms with Gasteiger partial charge in [-0.15, -0.1) is 0 Å². The van der Waals surface area contributed by atoms with Crippen LogP contribution in [-0.2, 0) is 4.74 Å². The number of ether oxygens (including phenoxy) is 1. The summed E-state index contributed by atoms with van der Waals surface area (Å²) in [4.78, 5) is 15.1. The third-order valence-electron chi connectivity index (χ3n) is 15.3. The Balaban J connectivity index is 0.000000177. The van der Waals surface area contributed by atoms with E-state index in [-0.39, 0.29) is 18.9 Å². The molecule has 0 N–H and O–H groups in total. The molecule has 12 aromatic carbocycles. The topological polar surface area (TPSA) is 32.8 Å². The second kappa shape index (κ2) is 35.5. The average molecular weight is 1330 g/mol. The summed E-state index contributed by atoms with van der Waals surface area (Å²) in [6, 6.07) is 107. The van der Waals surface area contributed by atoms with Crippen LogP contribution in [0.3, 0.4) is 0 Å². The van der Waals surface area contributed by atoms with E-state index in [0.717, 1.165) is 68.3 Å². The van der Waals surface area contributed by atoms with Crippen LogP contribution in [0.1, 0.15) is 76.3 Å². The Morgan fingerprint density at radius 2 is 0.769 bits per heavy atom. The fraction of sp³-hybridized carbons (Fsp3) is 0.133. The standard InChI is InChI=1S/C36H26BrN.C28H29NSi.C11H7BrO.C4H8O.C4H9.Li/c37-32-21-18-30-24-27(16-17-31(30)26-32)25-36(28-10-4-1-5-11-28)29-19-22-35(23-20-29)38(33-12-6-2-7-13-33)34-14-8-3-9-15-34;1-30(2,3)28(23-13-7-4-8-14-23)24-19-21-27(22-20-24)29(25-15-9-5-10-16-25)26-17-11-6-12-18-26;12-11-4-3-9-5-8(7-13)1-2-10(9)6-11;1-2-4-5-3-1;1-3-4-2;/h1-26H;4-22,28H,1-3H3;1-7H;1-4H2;1,3-4H2,2H3;/q;;;;-1;+1/b36-25+;;;;;. The minimum Gasteiger partial charge on any atom is -0.381 e. The second-order valence-corrected chi connectivity index (χ2v) is 30.2. The van der Waals surface area contributed by atoms with Crippen molar-refractivity contribution in [3.63, 3.8) is 0 Å². The van der Waals surface area contributed by atoms with Crippen LogP contribution in [0.25, 0.3) is 33.2 Å². The maximum Gasteiger partial charge on any atom is 1.00 e. The van der Waals surface area contributed by atoms with Gasteiger partial charge in [0.15, 0.2) is 0 Å². The van der Waals surface area contributed by atoms with Gasteiger partial charge in [0.25, 0.3) is 0 Å². The number of hydrogen-bond donors (Lipinski definition) is 0. The molecular formula is C83H79Br2LiN2O2Si. The molecule has 1 aliphatic rings. The van der Waals surface area contributed by atoms with Gasteiger partial charge >= 0.3 is 18.9 Å². The molecule has 1 heterocycles. The van der Waals surface area contributed by atoms with Crippen molar-refractivity contribution >= 4 is 114 Å². The fourth-order valence-electron chi connectivity index (χ4n) is 10.9. The number of halogens is 2. The van der Waals surface area contributed by atoms with E-state index in [1.807, 2.05) is 36.4 Å². The number of fused-ring (bicyclic) bond motifs is 2. The zero-order valence-electron chi connectivity index (χ0n) is 53.0. The Bertz CT molecular complexity index is 4040. The van der Waals surface area contributed by atoms with Crippen LogP contribution in [0, 0.1) is 6.92 Å². The average Bonchev–Trinajstić information content (AvgIpc) is 2.06. The molecule has 0 bridgehead atoms. The number of carbonyl (C=O) groups excluding carboxylic acids is 1. The van der Waals surface area contributed by atoms with Gasteiger partial charge in [0.2, 0.25) is 0 Å². The Labute approximate surface area is 570 Å². The Hall–Kier alpha value is -8.10. The van der Waals surface area contributed by atoms with Crippen molar-refractivity contribution in [1.82, 2.24) is 0 Å². The van der Waals surface area contributed by atoms with Crippen molar-refractivity contribution in [2.75, 3.05) is 23.0 Å². The smallest absolute Gasteiger partial charge is 0.381 e. The first-order valence-electron chi connectivity index (χ1n) is 31.0. The maximum absolute atomic E-state index is 10.5. The van der Waals surface area contributed by atoms with Gasteiger partial charge < -0.3 is 21.5 Å². The number of nitrogens with zero attached hydrogens (tertiary/aromatic N) is 2. The summed E-state index contributed by atoms with van der Waals surface area (Å²) in [6.07, 6.45) is 7.99. The van der Waals surface area contributed by atoms with Crippen molar-refractivity contribution in [1.29, 1.82) is 0 Å². The van der Waals surface area contributed by atoms with E-state index in [0.29, 0.717) is 5.54 Å². The third-order valence-corrected chi connectivity index (χ3v) is 18.7. The molecule has 0 aliphatic carbocycles. The van der Waals surface area contributed by atoms with Gasteiger partial charge in [-0.2, -0.15) is 6.42 Å². The van der Waals surface area contributed by atoms with E-state index in [1.165, 1.54) is 80.5 Å². The number of benzene rings is 12. The first-order valence-corrected chi connectivity index (χ1v) is 36.2. The van der Waals surface area contributed by atoms with Gasteiger partial charge in [-0.3, -0.25) is 4.79 Å². The van der Waals surface area contributed by atoms with Crippen LogP contribution >= 0.6 is 31.9 Å². The molecule has 0 radical (unpaired) electrons. The zero-order chi connectivity index (χ0) is 62.9. The largest absolute Gasteiger partial charge is 1.00 e. The third kappa shape index (κ3) is 19.9. The number of rotatable bonds is 14. The Morgan fingerprint density at radius 3 is 1.15 bits per heavy atom. The fourth-order valence-corrected chi connectivity index (χ4v) is 14.1. The number of anilines is 6. The zero-order valence-corrected chi connectivity index (χ0v) is 57.2. The number of hydrogen-bond acceptors (Lipinski definition) is 4. The summed E-state index contributed by atoms with van der Waals surface area (Å²) >= 11 is 6.98. The number of unbranched alkanes of at least 4 members (excludes halogenated alkanes) is 1. The van der Waals surface area contributed by atoms with Gasteiger partial charge in [-0.1, -0.05) is 259 Å². The molecule has 4 nitrogen and oxygen atoms in total. The van der Waals surface area contributed by atoms with Crippen LogP contribution in [-0.4, -0.2) is 27.6 Å². The van der Waals surface area contributed by atoms with Crippen molar-refractivity contribution in [2.24, 2.45) is 0 Å². The van der Waals surface area contributed by atoms with Gasteiger partial charge in [-0.05, 0) is 183 Å². The second-order valence-electron chi connectivity index (χ2n) is 23.1. The minimum atomic E-state index is -1.45. The predicted molar refractivity (Wildman–Crippen MR) is 396 cm³/mol. The van der Waals surface area contributed by atoms with Gasteiger partial charge in [0.1, 0.15) is 6.29 Å². The van der Waals surface area contributed by atoms with E-state index in [1.54, 1.807) is 0 Å². The molecule has 1 atom stereocenters. The summed E-state index contributed by atoms with van der Waals surface area (Å²) in [5, 5.41) is 4.68. The molecule has 1 unspecified atom stereocenters. The van der Waals surface area contributed by atoms with Gasteiger partial charge in [0.05, 0.1) is 8.07 Å². The van der Waals surface area contributed by atoms with E-state index in [2.05, 4.69) is 348 Å². The predicted octanol–water partition coefficient (Wildman–Crippen LogP) is 21.7. The van der Waals surface area contributed by atoms with E-state index < -0.39 is 8.07 Å². The molecule has 1 saturated heterocycles. The maximum atomic E-state index is 10.5. The molecule has 0 amide bonds. The first-order chi connectivity index (χ1) is 44.0. The first kappa shape index (κ1) is 68.8. The summed E-state index contributed by atoms with van der Waals surface area (Å²) in [5.41, 5.74) is 15.7. The van der Waals surface area contributed by atoms with E-state index >= 15 is 0 Å².